The van der Waals surface area contributed by atoms with E-state index in [0.29, 0.717) is 11.1 Å². The Hall–Kier alpha value is -2.82. The van der Waals surface area contributed by atoms with Crippen LogP contribution in [0.25, 0.3) is 6.08 Å². The number of benzene rings is 1. The molecule has 0 unspecified atom stereocenters. The molecule has 0 bridgehead atoms. The fraction of sp³-hybridized carbons (Fsp3) is 0.364. The smallest absolute Gasteiger partial charge is 0.336 e. The number of allylic oxidation sites excluding steroid dienone is 3. The molecular formula is C22H27NO4. The van der Waals surface area contributed by atoms with Crippen molar-refractivity contribution in [3.63, 3.8) is 0 Å². The van der Waals surface area contributed by atoms with Crippen LogP contribution in [0.15, 0.2) is 58.9 Å². The molecule has 2 rings (SSSR count). The minimum atomic E-state index is -0.528. The van der Waals surface area contributed by atoms with Crippen LogP contribution in [0.5, 0.6) is 0 Å². The summed E-state index contributed by atoms with van der Waals surface area (Å²) in [6.07, 6.45) is 3.78. The minimum Gasteiger partial charge on any atom is -0.463 e. The molecule has 0 amide bonds. The topological polar surface area (TPSA) is 55.8 Å². The molecule has 1 aromatic rings. The number of ether oxygens (including phenoxy) is 2. The van der Waals surface area contributed by atoms with E-state index in [2.05, 4.69) is 0 Å². The Kier molecular flexibility index (Phi) is 6.99. The van der Waals surface area contributed by atoms with E-state index < -0.39 is 17.9 Å². The van der Waals surface area contributed by atoms with Crippen molar-refractivity contribution in [1.82, 2.24) is 4.90 Å². The second kappa shape index (κ2) is 9.21. The molecule has 0 saturated heterocycles. The monoisotopic (exact) mass is 369 g/mol. The molecule has 0 atom stereocenters. The largest absolute Gasteiger partial charge is 0.463 e. The van der Waals surface area contributed by atoms with Crippen molar-refractivity contribution in [2.75, 3.05) is 20.3 Å². The average molecular weight is 369 g/mol. The fourth-order valence-electron chi connectivity index (χ4n) is 3.14. The fourth-order valence-corrected chi connectivity index (χ4v) is 3.14. The number of hydrogen-bond acceptors (Lipinski definition) is 5. The van der Waals surface area contributed by atoms with Gasteiger partial charge in [-0.2, -0.15) is 0 Å². The zero-order chi connectivity index (χ0) is 20.0. The maximum atomic E-state index is 12.7. The first-order chi connectivity index (χ1) is 12.9. The predicted molar refractivity (Wildman–Crippen MR) is 105 cm³/mol. The molecule has 5 nitrogen and oxygen atoms in total. The summed E-state index contributed by atoms with van der Waals surface area (Å²) in [6.45, 7) is 7.80. The summed E-state index contributed by atoms with van der Waals surface area (Å²) in [5.74, 6) is -1.36. The van der Waals surface area contributed by atoms with E-state index in [4.69, 9.17) is 9.47 Å². The Balaban J connectivity index is 2.56. The Labute approximate surface area is 161 Å². The lowest BCUT2D eigenvalue weighted by Crippen LogP contribution is -2.34. The lowest BCUT2D eigenvalue weighted by atomic mass is 9.84. The molecule has 27 heavy (non-hydrogen) atoms. The second-order valence-electron chi connectivity index (χ2n) is 6.25. The molecule has 5 heteroatoms. The van der Waals surface area contributed by atoms with Crippen molar-refractivity contribution in [3.8, 4) is 0 Å². The minimum absolute atomic E-state index is 0.270. The van der Waals surface area contributed by atoms with Crippen molar-refractivity contribution >= 4 is 18.0 Å². The third-order valence-corrected chi connectivity index (χ3v) is 4.68. The van der Waals surface area contributed by atoms with Crippen LogP contribution in [-0.4, -0.2) is 37.1 Å². The number of carbonyl (C=O) groups excluding carboxylic acids is 2. The lowest BCUT2D eigenvalue weighted by molar-refractivity contribution is -0.140. The first-order valence-corrected chi connectivity index (χ1v) is 9.15. The summed E-state index contributed by atoms with van der Waals surface area (Å²) in [7, 11) is 1.83. The molecule has 0 saturated carbocycles. The maximum Gasteiger partial charge on any atom is 0.336 e. The quantitative estimate of drug-likeness (QED) is 0.711. The highest BCUT2D eigenvalue weighted by Crippen LogP contribution is 2.37. The van der Waals surface area contributed by atoms with Gasteiger partial charge in [-0.3, -0.25) is 0 Å². The molecule has 144 valence electrons. The van der Waals surface area contributed by atoms with Gasteiger partial charge in [0.05, 0.1) is 24.4 Å². The predicted octanol–water partition coefficient (Wildman–Crippen LogP) is 3.94. The van der Waals surface area contributed by atoms with Crippen LogP contribution in [0.3, 0.4) is 0 Å². The van der Waals surface area contributed by atoms with Gasteiger partial charge in [0.25, 0.3) is 0 Å². The Morgan fingerprint density at radius 3 is 1.89 bits per heavy atom. The Morgan fingerprint density at radius 2 is 1.44 bits per heavy atom. The van der Waals surface area contributed by atoms with Gasteiger partial charge in [0, 0.05) is 24.4 Å². The SMILES string of the molecule is CCOC(=O)C1=C(C)N(C)C(C)=C(C(=O)OCC)C1/C=C/c1ccccc1. The molecule has 0 aromatic heterocycles. The van der Waals surface area contributed by atoms with E-state index in [0.717, 1.165) is 17.0 Å². The molecule has 0 radical (unpaired) electrons. The van der Waals surface area contributed by atoms with Crippen molar-refractivity contribution in [2.24, 2.45) is 5.92 Å². The van der Waals surface area contributed by atoms with Gasteiger partial charge in [-0.05, 0) is 33.3 Å². The number of esters is 2. The maximum absolute atomic E-state index is 12.7. The number of nitrogens with zero attached hydrogens (tertiary/aromatic N) is 1. The molecule has 1 aliphatic heterocycles. The Morgan fingerprint density at radius 1 is 0.963 bits per heavy atom. The zero-order valence-electron chi connectivity index (χ0n) is 16.6. The van der Waals surface area contributed by atoms with Crippen LogP contribution in [0.2, 0.25) is 0 Å². The summed E-state index contributed by atoms with van der Waals surface area (Å²) in [4.78, 5) is 27.2. The highest BCUT2D eigenvalue weighted by atomic mass is 16.5. The molecule has 0 N–H and O–H groups in total. The van der Waals surface area contributed by atoms with E-state index in [1.807, 2.05) is 68.3 Å². The number of hydrogen-bond donors (Lipinski definition) is 0. The van der Waals surface area contributed by atoms with Crippen LogP contribution in [0.4, 0.5) is 0 Å². The first-order valence-electron chi connectivity index (χ1n) is 9.15. The van der Waals surface area contributed by atoms with Crippen molar-refractivity contribution in [3.05, 3.63) is 64.5 Å². The van der Waals surface area contributed by atoms with E-state index in [1.165, 1.54) is 0 Å². The van der Waals surface area contributed by atoms with Crippen LogP contribution >= 0.6 is 0 Å². The van der Waals surface area contributed by atoms with E-state index in [-0.39, 0.29) is 13.2 Å². The highest BCUT2D eigenvalue weighted by Gasteiger charge is 2.37. The summed E-state index contributed by atoms with van der Waals surface area (Å²) >= 11 is 0. The summed E-state index contributed by atoms with van der Waals surface area (Å²) in [5.41, 5.74) is 3.43. The normalized spacial score (nSPS) is 15.5. The van der Waals surface area contributed by atoms with E-state index in [1.54, 1.807) is 13.8 Å². The first kappa shape index (κ1) is 20.5. The molecular weight excluding hydrogens is 342 g/mol. The standard InChI is InChI=1S/C22H27NO4/c1-6-26-21(24)19-15(3)23(5)16(4)20(22(25)27-7-2)18(19)14-13-17-11-9-8-10-12-17/h8-14,18H,6-7H2,1-5H3/b14-13+. The number of carbonyl (C=O) groups is 2. The van der Waals surface area contributed by atoms with Crippen molar-refractivity contribution < 1.29 is 19.1 Å². The average Bonchev–Trinajstić information content (AvgIpc) is 2.65. The molecule has 0 spiro atoms. The van der Waals surface area contributed by atoms with Gasteiger partial charge in [0.1, 0.15) is 0 Å². The van der Waals surface area contributed by atoms with Gasteiger partial charge in [-0.1, -0.05) is 42.5 Å². The highest BCUT2D eigenvalue weighted by molar-refractivity contribution is 5.98. The molecule has 1 aromatic carbocycles. The van der Waals surface area contributed by atoms with Crippen molar-refractivity contribution in [2.45, 2.75) is 27.7 Å². The van der Waals surface area contributed by atoms with Crippen LogP contribution in [-0.2, 0) is 19.1 Å². The lowest BCUT2D eigenvalue weighted by Gasteiger charge is -2.34. The van der Waals surface area contributed by atoms with E-state index in [9.17, 15) is 9.59 Å². The molecule has 0 aliphatic carbocycles. The van der Waals surface area contributed by atoms with Crippen LogP contribution in [0, 0.1) is 5.92 Å². The van der Waals surface area contributed by atoms with Gasteiger partial charge in [0.15, 0.2) is 0 Å². The van der Waals surface area contributed by atoms with Gasteiger partial charge in [0.2, 0.25) is 0 Å². The summed E-state index contributed by atoms with van der Waals surface area (Å²) in [6, 6.07) is 9.75. The molecule has 1 aliphatic rings. The van der Waals surface area contributed by atoms with Gasteiger partial charge in [-0.15, -0.1) is 0 Å². The van der Waals surface area contributed by atoms with Gasteiger partial charge >= 0.3 is 11.9 Å². The van der Waals surface area contributed by atoms with Gasteiger partial charge in [-0.25, -0.2) is 9.59 Å². The molecule has 1 heterocycles. The van der Waals surface area contributed by atoms with Crippen molar-refractivity contribution in [1.29, 1.82) is 0 Å². The summed E-state index contributed by atoms with van der Waals surface area (Å²) in [5, 5.41) is 0. The Bertz CT molecular complexity index is 748. The zero-order valence-corrected chi connectivity index (χ0v) is 16.6. The van der Waals surface area contributed by atoms with Gasteiger partial charge < -0.3 is 14.4 Å². The molecule has 0 fully saturated rings. The third kappa shape index (κ3) is 4.48. The number of rotatable bonds is 6. The van der Waals surface area contributed by atoms with Crippen LogP contribution < -0.4 is 0 Å². The second-order valence-corrected chi connectivity index (χ2v) is 6.25. The summed E-state index contributed by atoms with van der Waals surface area (Å²) < 4.78 is 10.5. The van der Waals surface area contributed by atoms with E-state index >= 15 is 0 Å². The van der Waals surface area contributed by atoms with Crippen LogP contribution in [0.1, 0.15) is 33.3 Å². The third-order valence-electron chi connectivity index (χ3n) is 4.68.